The van der Waals surface area contributed by atoms with Crippen LogP contribution in [0.3, 0.4) is 0 Å². The number of carbonyl (C=O) groups excluding carboxylic acids is 1. The summed E-state index contributed by atoms with van der Waals surface area (Å²) in [5, 5.41) is 4.94. The molecular formula is C18H16Cl3N3O. The van der Waals surface area contributed by atoms with Crippen molar-refractivity contribution in [3.8, 4) is 0 Å². The Morgan fingerprint density at radius 3 is 2.56 bits per heavy atom. The van der Waals surface area contributed by atoms with Crippen LogP contribution in [-0.2, 0) is 17.8 Å². The van der Waals surface area contributed by atoms with Crippen LogP contribution in [0, 0.1) is 0 Å². The van der Waals surface area contributed by atoms with E-state index in [2.05, 4.69) is 15.3 Å². The van der Waals surface area contributed by atoms with E-state index in [0.29, 0.717) is 34.5 Å². The molecule has 0 bridgehead atoms. The standard InChI is InChI=1S/C18H16Cl3N3O/c19-12-1-3-16-17(8-12)24-18(23-16)4-2-15(25)10-22-9-11-5-13(20)7-14(21)6-11/h1,3,5-8,22H,2,4,9-10H2,(H,23,24). The number of halogens is 3. The van der Waals surface area contributed by atoms with Crippen LogP contribution in [0.4, 0.5) is 0 Å². The molecule has 130 valence electrons. The lowest BCUT2D eigenvalue weighted by molar-refractivity contribution is -0.118. The lowest BCUT2D eigenvalue weighted by atomic mass is 10.2. The normalized spacial score (nSPS) is 11.2. The van der Waals surface area contributed by atoms with Crippen LogP contribution in [-0.4, -0.2) is 22.3 Å². The van der Waals surface area contributed by atoms with Crippen LogP contribution in [0.25, 0.3) is 11.0 Å². The quantitative estimate of drug-likeness (QED) is 0.602. The SMILES string of the molecule is O=C(CCc1nc2ccc(Cl)cc2[nH]1)CNCc1cc(Cl)cc(Cl)c1. The molecule has 0 radical (unpaired) electrons. The van der Waals surface area contributed by atoms with Crippen molar-refractivity contribution < 1.29 is 4.79 Å². The Labute approximate surface area is 160 Å². The number of H-pyrrole nitrogens is 1. The third-order valence-corrected chi connectivity index (χ3v) is 4.38. The number of nitrogens with zero attached hydrogens (tertiary/aromatic N) is 1. The molecule has 25 heavy (non-hydrogen) atoms. The van der Waals surface area contributed by atoms with Crippen LogP contribution in [0.5, 0.6) is 0 Å². The molecule has 0 fully saturated rings. The number of fused-ring (bicyclic) bond motifs is 1. The second kappa shape index (κ2) is 8.19. The fourth-order valence-electron chi connectivity index (χ4n) is 2.56. The zero-order valence-corrected chi connectivity index (χ0v) is 15.5. The van der Waals surface area contributed by atoms with Gasteiger partial charge in [0.2, 0.25) is 0 Å². The minimum absolute atomic E-state index is 0.117. The first kappa shape index (κ1) is 18.2. The summed E-state index contributed by atoms with van der Waals surface area (Å²) >= 11 is 17.9. The monoisotopic (exact) mass is 395 g/mol. The Morgan fingerprint density at radius 2 is 1.80 bits per heavy atom. The number of hydrogen-bond donors (Lipinski definition) is 2. The van der Waals surface area contributed by atoms with Crippen LogP contribution in [0.1, 0.15) is 17.8 Å². The van der Waals surface area contributed by atoms with Gasteiger partial charge in [-0.15, -0.1) is 0 Å². The molecule has 3 rings (SSSR count). The van der Waals surface area contributed by atoms with Gasteiger partial charge in [0.15, 0.2) is 0 Å². The van der Waals surface area contributed by atoms with Crippen LogP contribution in [0.15, 0.2) is 36.4 Å². The van der Waals surface area contributed by atoms with Gasteiger partial charge in [0.05, 0.1) is 17.6 Å². The van der Waals surface area contributed by atoms with Crippen molar-refractivity contribution in [3.63, 3.8) is 0 Å². The van der Waals surface area contributed by atoms with Gasteiger partial charge in [0.1, 0.15) is 11.6 Å². The zero-order chi connectivity index (χ0) is 17.8. The number of carbonyl (C=O) groups is 1. The summed E-state index contributed by atoms with van der Waals surface area (Å²) in [6.07, 6.45) is 0.979. The highest BCUT2D eigenvalue weighted by Gasteiger charge is 2.07. The van der Waals surface area contributed by atoms with E-state index in [9.17, 15) is 4.79 Å². The van der Waals surface area contributed by atoms with E-state index in [1.165, 1.54) is 0 Å². The number of nitrogens with one attached hydrogen (secondary N) is 2. The van der Waals surface area contributed by atoms with Gasteiger partial charge in [-0.3, -0.25) is 4.79 Å². The first-order valence-corrected chi connectivity index (χ1v) is 8.94. The van der Waals surface area contributed by atoms with Crippen molar-refractivity contribution in [1.82, 2.24) is 15.3 Å². The number of rotatable bonds is 7. The first-order chi connectivity index (χ1) is 12.0. The highest BCUT2D eigenvalue weighted by atomic mass is 35.5. The second-order valence-corrected chi connectivity index (χ2v) is 7.07. The highest BCUT2D eigenvalue weighted by molar-refractivity contribution is 6.34. The molecule has 0 atom stereocenters. The first-order valence-electron chi connectivity index (χ1n) is 7.81. The third kappa shape index (κ3) is 5.19. The Hall–Kier alpha value is -1.59. The van der Waals surface area contributed by atoms with Gasteiger partial charge < -0.3 is 10.3 Å². The number of aromatic amines is 1. The maximum atomic E-state index is 12.0. The van der Waals surface area contributed by atoms with Crippen molar-refractivity contribution in [2.24, 2.45) is 0 Å². The summed E-state index contributed by atoms with van der Waals surface area (Å²) in [7, 11) is 0. The molecular weight excluding hydrogens is 381 g/mol. The van der Waals surface area contributed by atoms with Gasteiger partial charge in [-0.25, -0.2) is 4.98 Å². The second-order valence-electron chi connectivity index (χ2n) is 5.76. The minimum atomic E-state index is 0.117. The van der Waals surface area contributed by atoms with Crippen molar-refractivity contribution in [2.45, 2.75) is 19.4 Å². The molecule has 0 amide bonds. The summed E-state index contributed by atoms with van der Waals surface area (Å²) in [5.74, 6) is 0.902. The Balaban J connectivity index is 1.47. The van der Waals surface area contributed by atoms with Gasteiger partial charge in [0.25, 0.3) is 0 Å². The topological polar surface area (TPSA) is 57.8 Å². The summed E-state index contributed by atoms with van der Waals surface area (Å²) < 4.78 is 0. The number of imidazole rings is 1. The number of aromatic nitrogens is 2. The number of Topliss-reactive ketones (excluding diaryl/α,β-unsaturated/α-hetero) is 1. The molecule has 4 nitrogen and oxygen atoms in total. The molecule has 2 aromatic carbocycles. The Kier molecular flexibility index (Phi) is 5.97. The van der Waals surface area contributed by atoms with Gasteiger partial charge in [-0.2, -0.15) is 0 Å². The van der Waals surface area contributed by atoms with Gasteiger partial charge in [-0.1, -0.05) is 34.8 Å². The minimum Gasteiger partial charge on any atom is -0.342 e. The lowest BCUT2D eigenvalue weighted by Gasteiger charge is -2.05. The average Bonchev–Trinajstić information content (AvgIpc) is 2.94. The molecule has 0 saturated carbocycles. The van der Waals surface area contributed by atoms with Gasteiger partial charge in [0, 0.05) is 34.5 Å². The van der Waals surface area contributed by atoms with E-state index in [-0.39, 0.29) is 12.3 Å². The smallest absolute Gasteiger partial charge is 0.147 e. The average molecular weight is 397 g/mol. The van der Waals surface area contributed by atoms with Crippen LogP contribution < -0.4 is 5.32 Å². The molecule has 0 spiro atoms. The summed E-state index contributed by atoms with van der Waals surface area (Å²) in [5.41, 5.74) is 2.67. The molecule has 2 N–H and O–H groups in total. The van der Waals surface area contributed by atoms with E-state index in [1.54, 1.807) is 12.1 Å². The van der Waals surface area contributed by atoms with Crippen molar-refractivity contribution >= 4 is 51.6 Å². The van der Waals surface area contributed by atoms with E-state index in [4.69, 9.17) is 34.8 Å². The predicted molar refractivity (Wildman–Crippen MR) is 103 cm³/mol. The number of benzene rings is 2. The lowest BCUT2D eigenvalue weighted by Crippen LogP contribution is -2.22. The molecule has 7 heteroatoms. The molecule has 0 saturated heterocycles. The third-order valence-electron chi connectivity index (χ3n) is 3.71. The number of aryl methyl sites for hydroxylation is 1. The highest BCUT2D eigenvalue weighted by Crippen LogP contribution is 2.19. The van der Waals surface area contributed by atoms with Crippen molar-refractivity contribution in [3.05, 3.63) is 62.9 Å². The summed E-state index contributed by atoms with van der Waals surface area (Å²) in [4.78, 5) is 19.7. The largest absolute Gasteiger partial charge is 0.342 e. The van der Waals surface area contributed by atoms with E-state index >= 15 is 0 Å². The summed E-state index contributed by atoms with van der Waals surface area (Å²) in [6.45, 7) is 0.825. The van der Waals surface area contributed by atoms with Gasteiger partial charge >= 0.3 is 0 Å². The molecule has 0 aliphatic rings. The Bertz CT molecular complexity index is 887. The fraction of sp³-hybridized carbons (Fsp3) is 0.222. The molecule has 1 aromatic heterocycles. The van der Waals surface area contributed by atoms with Crippen LogP contribution in [0.2, 0.25) is 15.1 Å². The molecule has 1 heterocycles. The Morgan fingerprint density at radius 1 is 1.04 bits per heavy atom. The van der Waals surface area contributed by atoms with E-state index < -0.39 is 0 Å². The van der Waals surface area contributed by atoms with E-state index in [1.807, 2.05) is 24.3 Å². The van der Waals surface area contributed by atoms with Crippen LogP contribution >= 0.6 is 34.8 Å². The molecule has 0 aliphatic carbocycles. The fourth-order valence-corrected chi connectivity index (χ4v) is 3.30. The summed E-state index contributed by atoms with van der Waals surface area (Å²) in [6, 6.07) is 10.8. The maximum Gasteiger partial charge on any atom is 0.147 e. The molecule has 3 aromatic rings. The number of hydrogen-bond acceptors (Lipinski definition) is 3. The number of ketones is 1. The predicted octanol–water partition coefficient (Wildman–Crippen LogP) is 4.81. The zero-order valence-electron chi connectivity index (χ0n) is 13.3. The van der Waals surface area contributed by atoms with Crippen molar-refractivity contribution in [2.75, 3.05) is 6.54 Å². The maximum absolute atomic E-state index is 12.0. The molecule has 0 unspecified atom stereocenters. The molecule has 0 aliphatic heterocycles. The van der Waals surface area contributed by atoms with E-state index in [0.717, 1.165) is 22.4 Å². The van der Waals surface area contributed by atoms with Gasteiger partial charge in [-0.05, 0) is 42.0 Å². The van der Waals surface area contributed by atoms with Crippen molar-refractivity contribution in [1.29, 1.82) is 0 Å².